The number of nitrogens with two attached hydrogens (primary N) is 4. The van der Waals surface area contributed by atoms with Crippen LogP contribution in [0.2, 0.25) is 0 Å². The summed E-state index contributed by atoms with van der Waals surface area (Å²) in [6.07, 6.45) is 0.956. The molecule has 3 rings (SSSR count). The van der Waals surface area contributed by atoms with Crippen LogP contribution in [0.25, 0.3) is 0 Å². The molecular formula is C22H33N7O6S. The molecule has 2 saturated heterocycles. The van der Waals surface area contributed by atoms with E-state index in [1.54, 1.807) is 38.1 Å². The van der Waals surface area contributed by atoms with Gasteiger partial charge in [-0.05, 0) is 32.3 Å². The Morgan fingerprint density at radius 2 is 1.78 bits per heavy atom. The molecular weight excluding hydrogens is 490 g/mol. The quantitative estimate of drug-likeness (QED) is 0.0874. The molecule has 14 heteroatoms. The number of β-lactam (4-membered cyclic amide) rings is 1. The molecule has 11 N–H and O–H groups in total. The van der Waals surface area contributed by atoms with Crippen LogP contribution in [0.5, 0.6) is 0 Å². The number of nitrogens with one attached hydrogen (secondary N) is 1. The van der Waals surface area contributed by atoms with Crippen molar-refractivity contribution in [3.8, 4) is 0 Å². The highest BCUT2D eigenvalue weighted by molar-refractivity contribution is 8.01. The summed E-state index contributed by atoms with van der Waals surface area (Å²) in [6.45, 7) is 4.00. The van der Waals surface area contributed by atoms with Gasteiger partial charge in [0.1, 0.15) is 29.5 Å². The minimum Gasteiger partial charge on any atom is -0.480 e. The van der Waals surface area contributed by atoms with E-state index < -0.39 is 46.8 Å². The number of guanidine groups is 1. The van der Waals surface area contributed by atoms with Gasteiger partial charge in [-0.2, -0.15) is 0 Å². The lowest BCUT2D eigenvalue weighted by Crippen LogP contribution is -2.71. The van der Waals surface area contributed by atoms with Crippen LogP contribution < -0.4 is 28.3 Å². The number of carboxylic acids is 2. The van der Waals surface area contributed by atoms with Crippen molar-refractivity contribution in [2.24, 2.45) is 27.9 Å². The van der Waals surface area contributed by atoms with E-state index in [-0.39, 0.29) is 17.2 Å². The van der Waals surface area contributed by atoms with Crippen molar-refractivity contribution in [2.75, 3.05) is 6.54 Å². The van der Waals surface area contributed by atoms with Crippen LogP contribution in [-0.4, -0.2) is 79.6 Å². The van der Waals surface area contributed by atoms with Crippen LogP contribution in [0.4, 0.5) is 0 Å². The van der Waals surface area contributed by atoms with Gasteiger partial charge in [0.15, 0.2) is 5.96 Å². The number of benzene rings is 1. The van der Waals surface area contributed by atoms with E-state index in [1.807, 2.05) is 6.07 Å². The minimum atomic E-state index is -1.03. The van der Waals surface area contributed by atoms with Crippen LogP contribution >= 0.6 is 11.8 Å². The first-order chi connectivity index (χ1) is 16.8. The van der Waals surface area contributed by atoms with E-state index in [2.05, 4.69) is 10.3 Å². The summed E-state index contributed by atoms with van der Waals surface area (Å²) >= 11 is 1.38. The highest BCUT2D eigenvalue weighted by atomic mass is 32.2. The molecule has 0 radical (unpaired) electrons. The Labute approximate surface area is 212 Å². The molecule has 2 unspecified atom stereocenters. The number of rotatable bonds is 9. The average molecular weight is 524 g/mol. The Kier molecular flexibility index (Phi) is 9.67. The number of amides is 2. The molecule has 2 amide bonds. The first kappa shape index (κ1) is 28.9. The van der Waals surface area contributed by atoms with Crippen molar-refractivity contribution in [1.29, 1.82) is 0 Å². The topological polar surface area (TPSA) is 240 Å². The van der Waals surface area contributed by atoms with Crippen molar-refractivity contribution in [2.45, 2.75) is 61.0 Å². The van der Waals surface area contributed by atoms with Crippen LogP contribution in [0.15, 0.2) is 35.3 Å². The smallest absolute Gasteiger partial charge is 0.327 e. The second-order valence-corrected chi connectivity index (χ2v) is 10.6. The van der Waals surface area contributed by atoms with E-state index >= 15 is 0 Å². The summed E-state index contributed by atoms with van der Waals surface area (Å²) in [6, 6.07) is 5.56. The molecule has 2 aliphatic heterocycles. The van der Waals surface area contributed by atoms with Gasteiger partial charge in [0.25, 0.3) is 0 Å². The number of carboxylic acid groups (broad SMARTS) is 2. The second kappa shape index (κ2) is 12.1. The van der Waals surface area contributed by atoms with E-state index in [1.165, 1.54) is 16.7 Å². The maximum Gasteiger partial charge on any atom is 0.327 e. The molecule has 0 aliphatic carbocycles. The summed E-state index contributed by atoms with van der Waals surface area (Å²) in [5.41, 5.74) is 21.9. The highest BCUT2D eigenvalue weighted by Gasteiger charge is 2.64. The zero-order valence-corrected chi connectivity index (χ0v) is 20.9. The number of aliphatic imine (C=N–C) groups is 1. The van der Waals surface area contributed by atoms with Gasteiger partial charge in [-0.3, -0.25) is 19.4 Å². The van der Waals surface area contributed by atoms with Gasteiger partial charge in [-0.1, -0.05) is 30.3 Å². The molecule has 0 aromatic heterocycles. The lowest BCUT2D eigenvalue weighted by Gasteiger charge is -2.43. The maximum atomic E-state index is 12.3. The average Bonchev–Trinajstić information content (AvgIpc) is 3.08. The monoisotopic (exact) mass is 523 g/mol. The molecule has 0 saturated carbocycles. The van der Waals surface area contributed by atoms with Gasteiger partial charge < -0.3 is 43.4 Å². The molecule has 0 bridgehead atoms. The molecule has 198 valence electrons. The first-order valence-corrected chi connectivity index (χ1v) is 12.0. The number of hydrogen-bond acceptors (Lipinski definition) is 8. The van der Waals surface area contributed by atoms with Gasteiger partial charge in [0, 0.05) is 11.3 Å². The third kappa shape index (κ3) is 6.86. The molecule has 36 heavy (non-hydrogen) atoms. The number of nitrogens with zero attached hydrogens (tertiary/aromatic N) is 2. The summed E-state index contributed by atoms with van der Waals surface area (Å²) in [5.74, 6) is -2.84. The van der Waals surface area contributed by atoms with Crippen molar-refractivity contribution >= 4 is 41.5 Å². The molecule has 2 heterocycles. The molecule has 2 fully saturated rings. The molecule has 2 aliphatic rings. The molecule has 1 aromatic rings. The molecule has 13 nitrogen and oxygen atoms in total. The largest absolute Gasteiger partial charge is 0.480 e. The van der Waals surface area contributed by atoms with Crippen LogP contribution in [-0.2, 0) is 19.2 Å². The zero-order valence-electron chi connectivity index (χ0n) is 20.0. The summed E-state index contributed by atoms with van der Waals surface area (Å²) in [7, 11) is 0. The first-order valence-electron chi connectivity index (χ1n) is 11.2. The van der Waals surface area contributed by atoms with E-state index in [9.17, 15) is 24.3 Å². The number of hydrogen-bond donors (Lipinski definition) is 7. The fraction of sp³-hybridized carbons (Fsp3) is 0.500. The number of thioether (sulfide) groups is 1. The molecule has 1 aromatic carbocycles. The zero-order chi connectivity index (χ0) is 27.2. The van der Waals surface area contributed by atoms with Crippen LogP contribution in [0.3, 0.4) is 0 Å². The Hall–Kier alpha value is -3.36. The lowest BCUT2D eigenvalue weighted by atomic mass is 9.95. The summed E-state index contributed by atoms with van der Waals surface area (Å²) in [4.78, 5) is 51.4. The third-order valence-electron chi connectivity index (χ3n) is 5.70. The van der Waals surface area contributed by atoms with Gasteiger partial charge in [0.2, 0.25) is 11.8 Å². The van der Waals surface area contributed by atoms with E-state index in [4.69, 9.17) is 28.0 Å². The number of aliphatic carboxylic acids is 2. The van der Waals surface area contributed by atoms with Crippen LogP contribution in [0.1, 0.15) is 38.3 Å². The molecule has 5 atom stereocenters. The van der Waals surface area contributed by atoms with E-state index in [0.29, 0.717) is 24.9 Å². The van der Waals surface area contributed by atoms with Crippen molar-refractivity contribution in [3.63, 3.8) is 0 Å². The third-order valence-corrected chi connectivity index (χ3v) is 7.27. The van der Waals surface area contributed by atoms with E-state index in [0.717, 1.165) is 0 Å². The Morgan fingerprint density at radius 1 is 1.17 bits per heavy atom. The maximum absolute atomic E-state index is 12.3. The predicted molar refractivity (Wildman–Crippen MR) is 135 cm³/mol. The predicted octanol–water partition coefficient (Wildman–Crippen LogP) is -1.23. The minimum absolute atomic E-state index is 0.0129. The molecule has 0 spiro atoms. The second-order valence-electron chi connectivity index (χ2n) is 8.87. The Bertz CT molecular complexity index is 1000. The lowest BCUT2D eigenvalue weighted by molar-refractivity contribution is -0.161. The SMILES string of the molecule is CC1(C)S[C@@H]2[C@H](NC(=O)C(N)c3ccccc3)C(=O)N2[C@H]1C(=O)O.NC(N)=NCCCC(N)C(=O)O. The highest BCUT2D eigenvalue weighted by Crippen LogP contribution is 2.50. The Morgan fingerprint density at radius 3 is 2.31 bits per heavy atom. The fourth-order valence-electron chi connectivity index (χ4n) is 3.84. The van der Waals surface area contributed by atoms with Gasteiger partial charge in [-0.25, -0.2) is 4.79 Å². The van der Waals surface area contributed by atoms with Crippen LogP contribution in [0, 0.1) is 0 Å². The number of fused-ring (bicyclic) bond motifs is 1. The van der Waals surface area contributed by atoms with Gasteiger partial charge in [-0.15, -0.1) is 11.8 Å². The van der Waals surface area contributed by atoms with Gasteiger partial charge >= 0.3 is 11.9 Å². The Balaban J connectivity index is 0.000000324. The fourth-order valence-corrected chi connectivity index (χ4v) is 5.47. The number of carbonyl (C=O) groups is 4. The normalized spacial score (nSPS) is 23.2. The van der Waals surface area contributed by atoms with Crippen molar-refractivity contribution in [3.05, 3.63) is 35.9 Å². The summed E-state index contributed by atoms with van der Waals surface area (Å²) in [5, 5.41) is 20.0. The van der Waals surface area contributed by atoms with Crippen molar-refractivity contribution < 1.29 is 29.4 Å². The summed E-state index contributed by atoms with van der Waals surface area (Å²) < 4.78 is -0.618. The van der Waals surface area contributed by atoms with Crippen molar-refractivity contribution in [1.82, 2.24) is 10.2 Å². The van der Waals surface area contributed by atoms with Gasteiger partial charge in [0.05, 0.1) is 0 Å². The number of carbonyl (C=O) groups excluding carboxylic acids is 2. The standard InChI is InChI=1S/C16H19N3O4S.C6H14N4O2/c1-16(2)11(15(22)23)19-13(21)10(14(19)24-16)18-12(20)9(17)8-6-4-3-5-7-8;7-4(5(11)12)2-1-3-10-6(8)9/h3-7,9-11,14H,17H2,1-2H3,(H,18,20)(H,22,23);4H,1-3,7H2,(H,11,12)(H4,8,9,10)/t9?,10-,11+,14-;/m1./s1.